The summed E-state index contributed by atoms with van der Waals surface area (Å²) in [5.41, 5.74) is 1.44. The molecule has 1 aromatic heterocycles. The number of benzene rings is 1. The number of carbonyl (C=O) groups excluding carboxylic acids is 1. The number of hydrogen-bond donors (Lipinski definition) is 3. The van der Waals surface area contributed by atoms with Crippen LogP contribution in [0, 0.1) is 0 Å². The largest absolute Gasteiger partial charge is 0.506 e. The molecule has 0 bridgehead atoms. The van der Waals surface area contributed by atoms with Gasteiger partial charge < -0.3 is 15.7 Å². The van der Waals surface area contributed by atoms with E-state index in [0.717, 1.165) is 5.56 Å². The molecule has 0 saturated carbocycles. The molecule has 7 nitrogen and oxygen atoms in total. The van der Waals surface area contributed by atoms with E-state index in [2.05, 4.69) is 20.7 Å². The molecule has 0 radical (unpaired) electrons. The Bertz CT molecular complexity index is 890. The second-order valence-corrected chi connectivity index (χ2v) is 6.84. The van der Waals surface area contributed by atoms with Crippen LogP contribution in [0.4, 0.5) is 5.95 Å². The van der Waals surface area contributed by atoms with Crippen LogP contribution in [0.3, 0.4) is 0 Å². The predicted octanol–water partition coefficient (Wildman–Crippen LogP) is 2.70. The number of nitrogens with one attached hydrogen (secondary N) is 2. The number of allylic oxidation sites excluding steroid dienone is 2. The van der Waals surface area contributed by atoms with Crippen molar-refractivity contribution < 1.29 is 9.90 Å². The van der Waals surface area contributed by atoms with Crippen molar-refractivity contribution in [3.8, 4) is 11.4 Å². The highest BCUT2D eigenvalue weighted by atomic mass is 35.5. The molecule has 2 aromatic rings. The van der Waals surface area contributed by atoms with Crippen LogP contribution in [0.1, 0.15) is 17.6 Å². The standard InChI is InChI=1S/C18H18ClN5O2/c19-12-6-7-15(25)14(8-12)20-10-13-9-16(26)24-18(21-13)22-17(23-24)11-4-2-1-3-5-11/h1-5,7-8,12-13,20,25H,6,9-10H2,(H,21,22,23). The molecule has 1 aliphatic carbocycles. The highest BCUT2D eigenvalue weighted by molar-refractivity contribution is 6.22. The van der Waals surface area contributed by atoms with Gasteiger partial charge in [-0.05, 0) is 18.6 Å². The molecule has 0 fully saturated rings. The molecule has 2 atom stereocenters. The van der Waals surface area contributed by atoms with Crippen LogP contribution in [0.25, 0.3) is 11.4 Å². The summed E-state index contributed by atoms with van der Waals surface area (Å²) in [7, 11) is 0. The number of alkyl halides is 1. The number of aliphatic hydroxyl groups excluding tert-OH is 1. The monoisotopic (exact) mass is 371 g/mol. The van der Waals surface area contributed by atoms with Crippen LogP contribution >= 0.6 is 11.6 Å². The summed E-state index contributed by atoms with van der Waals surface area (Å²) in [5, 5.41) is 20.4. The third-order valence-corrected chi connectivity index (χ3v) is 4.63. The summed E-state index contributed by atoms with van der Waals surface area (Å²) in [4.78, 5) is 16.8. The fourth-order valence-corrected chi connectivity index (χ4v) is 3.21. The topological polar surface area (TPSA) is 92.1 Å². The quantitative estimate of drug-likeness (QED) is 0.716. The Hall–Kier alpha value is -2.80. The molecule has 0 amide bonds. The normalized spacial score (nSPS) is 22.1. The minimum Gasteiger partial charge on any atom is -0.506 e. The fourth-order valence-electron chi connectivity index (χ4n) is 2.99. The Morgan fingerprint density at radius 1 is 1.35 bits per heavy atom. The summed E-state index contributed by atoms with van der Waals surface area (Å²) in [6.45, 7) is 0.451. The Morgan fingerprint density at radius 3 is 2.96 bits per heavy atom. The third kappa shape index (κ3) is 3.30. The Labute approximate surface area is 155 Å². The SMILES string of the molecule is O=C1CC(CNC2=CC(Cl)CC=C2O)Nc2nc(-c3ccccc3)nn21. The summed E-state index contributed by atoms with van der Waals surface area (Å²) in [5.74, 6) is 1.00. The van der Waals surface area contributed by atoms with E-state index in [1.54, 1.807) is 12.2 Å². The van der Waals surface area contributed by atoms with Crippen molar-refractivity contribution >= 4 is 23.5 Å². The molecule has 1 aliphatic heterocycles. The van der Waals surface area contributed by atoms with Crippen LogP contribution in [-0.2, 0) is 0 Å². The lowest BCUT2D eigenvalue weighted by atomic mass is 10.1. The van der Waals surface area contributed by atoms with Crippen molar-refractivity contribution in [2.24, 2.45) is 0 Å². The van der Waals surface area contributed by atoms with Gasteiger partial charge in [0.2, 0.25) is 5.95 Å². The van der Waals surface area contributed by atoms with Gasteiger partial charge in [-0.15, -0.1) is 16.7 Å². The number of nitrogens with zero attached hydrogens (tertiary/aromatic N) is 3. The first-order valence-corrected chi connectivity index (χ1v) is 8.85. The summed E-state index contributed by atoms with van der Waals surface area (Å²) < 4.78 is 1.31. The number of aromatic nitrogens is 3. The molecule has 1 aromatic carbocycles. The van der Waals surface area contributed by atoms with Gasteiger partial charge in [0, 0.05) is 12.1 Å². The Balaban J connectivity index is 1.47. The van der Waals surface area contributed by atoms with Crippen molar-refractivity contribution in [1.29, 1.82) is 0 Å². The molecule has 8 heteroatoms. The van der Waals surface area contributed by atoms with Crippen molar-refractivity contribution in [1.82, 2.24) is 20.1 Å². The lowest BCUT2D eigenvalue weighted by Crippen LogP contribution is -2.41. The fraction of sp³-hybridized carbons (Fsp3) is 0.278. The smallest absolute Gasteiger partial charge is 0.252 e. The first-order valence-electron chi connectivity index (χ1n) is 8.41. The van der Waals surface area contributed by atoms with Gasteiger partial charge in [-0.2, -0.15) is 9.67 Å². The summed E-state index contributed by atoms with van der Waals surface area (Å²) in [6.07, 6.45) is 4.34. The zero-order chi connectivity index (χ0) is 18.1. The minimum atomic E-state index is -0.160. The van der Waals surface area contributed by atoms with Gasteiger partial charge in [-0.1, -0.05) is 30.3 Å². The Morgan fingerprint density at radius 2 is 2.15 bits per heavy atom. The van der Waals surface area contributed by atoms with Crippen molar-refractivity contribution in [3.05, 3.63) is 53.9 Å². The van der Waals surface area contributed by atoms with E-state index in [0.29, 0.717) is 30.4 Å². The first kappa shape index (κ1) is 16.7. The minimum absolute atomic E-state index is 0.118. The molecule has 26 heavy (non-hydrogen) atoms. The van der Waals surface area contributed by atoms with Crippen molar-refractivity contribution in [2.75, 3.05) is 11.9 Å². The molecule has 0 spiro atoms. The predicted molar refractivity (Wildman–Crippen MR) is 99.2 cm³/mol. The molecule has 134 valence electrons. The van der Waals surface area contributed by atoms with Crippen LogP contribution < -0.4 is 10.6 Å². The second kappa shape index (κ2) is 6.84. The lowest BCUT2D eigenvalue weighted by molar-refractivity contribution is 0.0872. The van der Waals surface area contributed by atoms with Crippen LogP contribution in [0.15, 0.2) is 53.9 Å². The van der Waals surface area contributed by atoms with Crippen LogP contribution in [-0.4, -0.2) is 43.7 Å². The van der Waals surface area contributed by atoms with Gasteiger partial charge in [0.25, 0.3) is 5.91 Å². The number of halogens is 1. The molecule has 3 N–H and O–H groups in total. The molecule has 2 aliphatic rings. The van der Waals surface area contributed by atoms with E-state index < -0.39 is 0 Å². The molecule has 2 heterocycles. The number of fused-ring (bicyclic) bond motifs is 1. The zero-order valence-electron chi connectivity index (χ0n) is 13.9. The van der Waals surface area contributed by atoms with Gasteiger partial charge in [0.05, 0.1) is 23.5 Å². The maximum atomic E-state index is 12.4. The second-order valence-electron chi connectivity index (χ2n) is 6.28. The van der Waals surface area contributed by atoms with E-state index in [-0.39, 0.29) is 29.5 Å². The maximum absolute atomic E-state index is 12.4. The van der Waals surface area contributed by atoms with Gasteiger partial charge in [0.1, 0.15) is 5.76 Å². The molecule has 0 saturated heterocycles. The zero-order valence-corrected chi connectivity index (χ0v) is 14.6. The number of hydrogen-bond acceptors (Lipinski definition) is 6. The number of aliphatic hydroxyl groups is 1. The Kier molecular flexibility index (Phi) is 4.38. The third-order valence-electron chi connectivity index (χ3n) is 4.33. The number of anilines is 1. The maximum Gasteiger partial charge on any atom is 0.252 e. The average Bonchev–Trinajstić information content (AvgIpc) is 3.08. The highest BCUT2D eigenvalue weighted by Crippen LogP contribution is 2.22. The average molecular weight is 372 g/mol. The van der Waals surface area contributed by atoms with Gasteiger partial charge in [0.15, 0.2) is 5.82 Å². The van der Waals surface area contributed by atoms with Crippen LogP contribution in [0.5, 0.6) is 0 Å². The van der Waals surface area contributed by atoms with Crippen LogP contribution in [0.2, 0.25) is 0 Å². The molecular formula is C18H18ClN5O2. The number of carbonyl (C=O) groups is 1. The number of rotatable bonds is 4. The lowest BCUT2D eigenvalue weighted by Gasteiger charge is -2.25. The van der Waals surface area contributed by atoms with E-state index in [1.165, 1.54) is 4.68 Å². The van der Waals surface area contributed by atoms with Gasteiger partial charge in [-0.25, -0.2) is 0 Å². The molecule has 4 rings (SSSR count). The van der Waals surface area contributed by atoms with E-state index in [9.17, 15) is 9.90 Å². The van der Waals surface area contributed by atoms with Crippen molar-refractivity contribution in [2.45, 2.75) is 24.3 Å². The summed E-state index contributed by atoms with van der Waals surface area (Å²) in [6, 6.07) is 9.36. The van der Waals surface area contributed by atoms with E-state index in [1.807, 2.05) is 30.3 Å². The molecule has 2 unspecified atom stereocenters. The first-order chi connectivity index (χ1) is 12.6. The summed E-state index contributed by atoms with van der Waals surface area (Å²) >= 11 is 6.09. The van der Waals surface area contributed by atoms with Crippen molar-refractivity contribution in [3.63, 3.8) is 0 Å². The van der Waals surface area contributed by atoms with Gasteiger partial charge in [-0.3, -0.25) is 4.79 Å². The van der Waals surface area contributed by atoms with Gasteiger partial charge >= 0.3 is 0 Å². The van der Waals surface area contributed by atoms with E-state index in [4.69, 9.17) is 11.6 Å². The van der Waals surface area contributed by atoms with E-state index >= 15 is 0 Å². The molecular weight excluding hydrogens is 354 g/mol. The highest BCUT2D eigenvalue weighted by Gasteiger charge is 2.28.